The second-order valence-corrected chi connectivity index (χ2v) is 7.95. The third kappa shape index (κ3) is 10.9. The zero-order valence-corrected chi connectivity index (χ0v) is 19.5. The summed E-state index contributed by atoms with van der Waals surface area (Å²) in [5.41, 5.74) is 10.8. The molecule has 10 heteroatoms. The molecule has 5 N–H and O–H groups in total. The Balaban J connectivity index is 0.000000245. The van der Waals surface area contributed by atoms with Crippen molar-refractivity contribution < 1.29 is 19.4 Å². The van der Waals surface area contributed by atoms with E-state index in [0.29, 0.717) is 0 Å². The van der Waals surface area contributed by atoms with Gasteiger partial charge in [0.25, 0.3) is 0 Å². The number of urea groups is 1. The average Bonchev–Trinajstić information content (AvgIpc) is 2.79. The lowest BCUT2D eigenvalue weighted by molar-refractivity contribution is -0.137. The first-order valence-electron chi connectivity index (χ1n) is 10.8. The summed E-state index contributed by atoms with van der Waals surface area (Å²) in [5.74, 6) is 0.0105. The molecular formula is C23H32ClN5O4. The van der Waals surface area contributed by atoms with Gasteiger partial charge in [-0.05, 0) is 50.2 Å². The van der Waals surface area contributed by atoms with Crippen LogP contribution in [0.15, 0.2) is 54.6 Å². The topological polar surface area (TPSA) is 120 Å². The predicted octanol–water partition coefficient (Wildman–Crippen LogP) is 2.91. The van der Waals surface area contributed by atoms with Crippen LogP contribution in [-0.2, 0) is 4.79 Å². The summed E-state index contributed by atoms with van der Waals surface area (Å²) in [6.45, 7) is 6.51. The van der Waals surface area contributed by atoms with Gasteiger partial charge >= 0.3 is 12.0 Å². The van der Waals surface area contributed by atoms with Crippen LogP contribution in [-0.4, -0.2) is 61.0 Å². The first-order chi connectivity index (χ1) is 15.8. The van der Waals surface area contributed by atoms with Crippen molar-refractivity contribution in [2.45, 2.75) is 26.0 Å². The molecule has 1 aliphatic rings. The van der Waals surface area contributed by atoms with Crippen LogP contribution in [0.3, 0.4) is 0 Å². The van der Waals surface area contributed by atoms with Crippen molar-refractivity contribution in [2.24, 2.45) is 5.73 Å². The maximum absolute atomic E-state index is 10.5. The fourth-order valence-corrected chi connectivity index (χ4v) is 3.45. The highest BCUT2D eigenvalue weighted by atomic mass is 35.5. The lowest BCUT2D eigenvalue weighted by Crippen LogP contribution is -2.47. The summed E-state index contributed by atoms with van der Waals surface area (Å²) in [6.07, 6.45) is 0.644. The van der Waals surface area contributed by atoms with Gasteiger partial charge in [0.1, 0.15) is 5.75 Å². The van der Waals surface area contributed by atoms with Crippen molar-refractivity contribution in [3.63, 3.8) is 0 Å². The largest absolute Gasteiger partial charge is 0.481 e. The summed E-state index contributed by atoms with van der Waals surface area (Å²) in [7, 11) is 0. The molecular weight excluding hydrogens is 446 g/mol. The van der Waals surface area contributed by atoms with Gasteiger partial charge in [0, 0.05) is 43.3 Å². The van der Waals surface area contributed by atoms with Crippen LogP contribution in [0.25, 0.3) is 0 Å². The first-order valence-corrected chi connectivity index (χ1v) is 11.2. The number of anilines is 1. The third-order valence-electron chi connectivity index (χ3n) is 4.87. The molecule has 1 atom stereocenters. The van der Waals surface area contributed by atoms with Crippen LogP contribution in [0.2, 0.25) is 5.02 Å². The maximum atomic E-state index is 10.5. The molecule has 9 nitrogen and oxygen atoms in total. The van der Waals surface area contributed by atoms with Gasteiger partial charge < -0.3 is 20.5 Å². The molecule has 0 radical (unpaired) electrons. The Bertz CT molecular complexity index is 863. The van der Waals surface area contributed by atoms with E-state index in [1.807, 2.05) is 48.5 Å². The number of carbonyl (C=O) groups is 2. The van der Waals surface area contributed by atoms with Gasteiger partial charge in [-0.25, -0.2) is 4.79 Å². The SMILES string of the molecule is CC(NNC(N)=O)Oc1ccccc1.O=C(O)CCCN1CCN(c2cccc(Cl)c2)CC1. The van der Waals surface area contributed by atoms with Crippen molar-refractivity contribution in [1.29, 1.82) is 0 Å². The van der Waals surface area contributed by atoms with E-state index in [0.717, 1.165) is 55.6 Å². The van der Waals surface area contributed by atoms with Gasteiger partial charge in [-0.15, -0.1) is 0 Å². The predicted molar refractivity (Wildman–Crippen MR) is 129 cm³/mol. The molecule has 0 aromatic heterocycles. The number of para-hydroxylation sites is 1. The quantitative estimate of drug-likeness (QED) is 0.323. The average molecular weight is 478 g/mol. The Hall–Kier alpha value is -3.01. The number of aliphatic carboxylic acids is 1. The van der Waals surface area contributed by atoms with Gasteiger partial charge in [-0.1, -0.05) is 35.9 Å². The van der Waals surface area contributed by atoms with E-state index in [2.05, 4.69) is 26.7 Å². The van der Waals surface area contributed by atoms with Crippen LogP contribution in [0.1, 0.15) is 19.8 Å². The number of piperazine rings is 1. The number of amides is 2. The van der Waals surface area contributed by atoms with Crippen LogP contribution in [0, 0.1) is 0 Å². The number of ether oxygens (including phenoxy) is 1. The number of hydrogen-bond acceptors (Lipinski definition) is 6. The van der Waals surface area contributed by atoms with Crippen molar-refractivity contribution in [3.05, 3.63) is 59.6 Å². The minimum atomic E-state index is -0.711. The molecule has 0 saturated carbocycles. The monoisotopic (exact) mass is 477 g/mol. The Labute approximate surface area is 199 Å². The number of carboxylic acid groups (broad SMARTS) is 1. The van der Waals surface area contributed by atoms with E-state index in [4.69, 9.17) is 27.2 Å². The smallest absolute Gasteiger partial charge is 0.326 e. The zero-order chi connectivity index (χ0) is 24.1. The van der Waals surface area contributed by atoms with Crippen LogP contribution in [0.5, 0.6) is 5.75 Å². The van der Waals surface area contributed by atoms with Crippen LogP contribution >= 0.6 is 11.6 Å². The number of nitrogens with one attached hydrogen (secondary N) is 2. The van der Waals surface area contributed by atoms with Crippen molar-refractivity contribution in [2.75, 3.05) is 37.6 Å². The van der Waals surface area contributed by atoms with E-state index in [9.17, 15) is 9.59 Å². The lowest BCUT2D eigenvalue weighted by atomic mass is 10.2. The van der Waals surface area contributed by atoms with Crippen molar-refractivity contribution in [1.82, 2.24) is 15.8 Å². The maximum Gasteiger partial charge on any atom is 0.326 e. The van der Waals surface area contributed by atoms with E-state index < -0.39 is 12.0 Å². The lowest BCUT2D eigenvalue weighted by Gasteiger charge is -2.36. The first kappa shape index (κ1) is 26.2. The third-order valence-corrected chi connectivity index (χ3v) is 5.10. The Morgan fingerprint density at radius 2 is 1.82 bits per heavy atom. The molecule has 2 aromatic rings. The molecule has 33 heavy (non-hydrogen) atoms. The van der Waals surface area contributed by atoms with Crippen LogP contribution < -0.4 is 26.2 Å². The van der Waals surface area contributed by atoms with E-state index in [1.165, 1.54) is 0 Å². The molecule has 2 amide bonds. The molecule has 0 aliphatic carbocycles. The van der Waals surface area contributed by atoms with Gasteiger partial charge in [-0.2, -0.15) is 5.43 Å². The number of rotatable bonds is 9. The Morgan fingerprint density at radius 3 is 2.42 bits per heavy atom. The highest BCUT2D eigenvalue weighted by molar-refractivity contribution is 6.30. The number of nitrogens with two attached hydrogens (primary N) is 1. The fourth-order valence-electron chi connectivity index (χ4n) is 3.26. The number of carboxylic acids is 1. The second kappa shape index (κ2) is 14.2. The highest BCUT2D eigenvalue weighted by Gasteiger charge is 2.17. The molecule has 1 fully saturated rings. The number of benzene rings is 2. The summed E-state index contributed by atoms with van der Waals surface area (Å²) >= 11 is 6.00. The fraction of sp³-hybridized carbons (Fsp3) is 0.391. The minimum Gasteiger partial charge on any atom is -0.481 e. The number of nitrogens with zero attached hydrogens (tertiary/aromatic N) is 2. The highest BCUT2D eigenvalue weighted by Crippen LogP contribution is 2.20. The molecule has 180 valence electrons. The van der Waals surface area contributed by atoms with E-state index in [1.54, 1.807) is 6.92 Å². The molecule has 0 spiro atoms. The Morgan fingerprint density at radius 1 is 1.12 bits per heavy atom. The number of hydrazine groups is 1. The number of primary amides is 1. The van der Waals surface area contributed by atoms with Gasteiger partial charge in [0.05, 0.1) is 0 Å². The van der Waals surface area contributed by atoms with Crippen molar-refractivity contribution in [3.8, 4) is 5.75 Å². The molecule has 3 rings (SSSR count). The van der Waals surface area contributed by atoms with Crippen molar-refractivity contribution >= 4 is 29.3 Å². The van der Waals surface area contributed by atoms with E-state index in [-0.39, 0.29) is 12.6 Å². The summed E-state index contributed by atoms with van der Waals surface area (Å²) < 4.78 is 5.38. The normalized spacial score (nSPS) is 14.5. The summed E-state index contributed by atoms with van der Waals surface area (Å²) in [4.78, 5) is 25.5. The van der Waals surface area contributed by atoms with Gasteiger partial charge in [-0.3, -0.25) is 15.1 Å². The summed E-state index contributed by atoms with van der Waals surface area (Å²) in [5, 5.41) is 9.39. The van der Waals surface area contributed by atoms with Crippen LogP contribution in [0.4, 0.5) is 10.5 Å². The van der Waals surface area contributed by atoms with Gasteiger partial charge in [0.2, 0.25) is 0 Å². The molecule has 1 heterocycles. The molecule has 2 aromatic carbocycles. The second-order valence-electron chi connectivity index (χ2n) is 7.51. The summed E-state index contributed by atoms with van der Waals surface area (Å²) in [6, 6.07) is 16.5. The molecule has 1 unspecified atom stereocenters. The standard InChI is InChI=1S/C14H19ClN2O2.C9H13N3O2/c15-12-3-1-4-13(11-12)17-9-7-16(8-10-17)6-2-5-14(18)19;1-7(11-12-9(10)13)14-8-5-3-2-4-6-8/h1,3-4,11H,2,5-10H2,(H,18,19);2-7,11H,1H3,(H3,10,12,13). The molecule has 0 bridgehead atoms. The van der Waals surface area contributed by atoms with Gasteiger partial charge in [0.15, 0.2) is 6.23 Å². The number of carbonyl (C=O) groups excluding carboxylic acids is 1. The molecule has 1 aliphatic heterocycles. The van der Waals surface area contributed by atoms with E-state index >= 15 is 0 Å². The Kier molecular flexibility index (Phi) is 11.3. The zero-order valence-electron chi connectivity index (χ0n) is 18.7. The number of halogens is 1. The molecule has 1 saturated heterocycles. The number of hydrogen-bond donors (Lipinski definition) is 4. The minimum absolute atomic E-state index is 0.258.